The van der Waals surface area contributed by atoms with Gasteiger partial charge in [0.15, 0.2) is 0 Å². The molecule has 14 heteroatoms. The Morgan fingerprint density at radius 3 is 2.19 bits per heavy atom. The van der Waals surface area contributed by atoms with Gasteiger partial charge in [-0.25, -0.2) is 0 Å². The molecule has 0 bridgehead atoms. The van der Waals surface area contributed by atoms with Crippen molar-refractivity contribution in [2.45, 2.75) is 160 Å². The summed E-state index contributed by atoms with van der Waals surface area (Å²) in [6.07, 6.45) is 10.7. The normalized spacial score (nSPS) is 31.4. The Labute approximate surface area is 311 Å². The summed E-state index contributed by atoms with van der Waals surface area (Å²) < 4.78 is 12.6. The number of hydrogen-bond acceptors (Lipinski definition) is 9. The van der Waals surface area contributed by atoms with E-state index < -0.39 is 60.0 Å². The number of carbonyl (C=O) groups is 5. The molecule has 0 aromatic rings. The number of unbranched alkanes of at least 4 members (excludes halogenated alkanes) is 3. The first-order valence-electron chi connectivity index (χ1n) is 20.1. The molecule has 2 saturated heterocycles. The quantitative estimate of drug-likeness (QED) is 0.128. The average molecular weight is 736 g/mol. The van der Waals surface area contributed by atoms with Crippen molar-refractivity contribution >= 4 is 29.5 Å². The summed E-state index contributed by atoms with van der Waals surface area (Å²) in [7, 11) is 1.65. The number of nitrogens with one attached hydrogen (secondary N) is 5. The zero-order valence-corrected chi connectivity index (χ0v) is 32.5. The van der Waals surface area contributed by atoms with E-state index in [2.05, 4.69) is 33.5 Å². The predicted octanol–water partition coefficient (Wildman–Crippen LogP) is 1.89. The van der Waals surface area contributed by atoms with Gasteiger partial charge in [0, 0.05) is 20.1 Å². The standard InChI is InChI=1S/C38H69N7O7/c1-6-8-9-14-18-31-25(3)38(50)45(5)30(15-7-2)36(48)44-34(27-16-12-10-11-13-17-27)37(49)41-23-33(46)43-29(24-51-28-19-20-40-22-28)35(47)42-26(4)32(21-39)52-31/h25-32,34,40H,6-24,39H2,1-5H3,(H,41,49)(H,42,47)(H,43,46)(H,44,48)/t25?,26?,28-,29?,30?,31?,32?,34?/m0/s1. The van der Waals surface area contributed by atoms with Crippen LogP contribution in [0.3, 0.4) is 0 Å². The van der Waals surface area contributed by atoms with Gasteiger partial charge in [0.25, 0.3) is 0 Å². The van der Waals surface area contributed by atoms with Gasteiger partial charge < -0.3 is 46.7 Å². The van der Waals surface area contributed by atoms with Gasteiger partial charge in [-0.2, -0.15) is 0 Å². The third kappa shape index (κ3) is 13.6. The molecular formula is C38H69N7O7. The molecule has 0 aromatic carbocycles. The van der Waals surface area contributed by atoms with E-state index in [0.717, 1.165) is 77.2 Å². The highest BCUT2D eigenvalue weighted by Crippen LogP contribution is 2.27. The van der Waals surface area contributed by atoms with Crippen molar-refractivity contribution in [3.05, 3.63) is 0 Å². The molecular weight excluding hydrogens is 666 g/mol. The van der Waals surface area contributed by atoms with Crippen molar-refractivity contribution in [1.82, 2.24) is 31.5 Å². The predicted molar refractivity (Wildman–Crippen MR) is 200 cm³/mol. The summed E-state index contributed by atoms with van der Waals surface area (Å²) in [4.78, 5) is 70.7. The smallest absolute Gasteiger partial charge is 0.245 e. The number of ether oxygens (including phenoxy) is 2. The lowest BCUT2D eigenvalue weighted by Crippen LogP contribution is -2.58. The first-order chi connectivity index (χ1) is 25.0. The molecule has 14 nitrogen and oxygen atoms in total. The third-order valence-corrected chi connectivity index (χ3v) is 11.0. The second-order valence-electron chi connectivity index (χ2n) is 15.2. The van der Waals surface area contributed by atoms with Crippen LogP contribution in [-0.4, -0.2) is 117 Å². The van der Waals surface area contributed by atoms with Gasteiger partial charge >= 0.3 is 0 Å². The maximum atomic E-state index is 14.2. The van der Waals surface area contributed by atoms with Gasteiger partial charge in [-0.3, -0.25) is 24.0 Å². The van der Waals surface area contributed by atoms with Crippen molar-refractivity contribution in [3.63, 3.8) is 0 Å². The molecule has 1 aliphatic carbocycles. The Morgan fingerprint density at radius 1 is 0.827 bits per heavy atom. The first-order valence-corrected chi connectivity index (χ1v) is 20.1. The number of nitrogens with zero attached hydrogens (tertiary/aromatic N) is 1. The lowest BCUT2D eigenvalue weighted by atomic mass is 9.90. The van der Waals surface area contributed by atoms with E-state index in [-0.39, 0.29) is 43.5 Å². The van der Waals surface area contributed by atoms with Gasteiger partial charge in [0.2, 0.25) is 29.5 Å². The van der Waals surface area contributed by atoms with Crippen LogP contribution >= 0.6 is 0 Å². The lowest BCUT2D eigenvalue weighted by molar-refractivity contribution is -0.149. The second kappa shape index (κ2) is 23.1. The number of rotatable bonds is 12. The Balaban J connectivity index is 1.98. The highest BCUT2D eigenvalue weighted by molar-refractivity contribution is 5.94. The molecule has 7 N–H and O–H groups in total. The topological polar surface area (TPSA) is 193 Å². The van der Waals surface area contributed by atoms with E-state index >= 15 is 0 Å². The SMILES string of the molecule is CCCCCCC1OC(CN)C(C)NC(=O)C(CO[C@H]2CCNC2)NC(=O)CNC(=O)C(C2CCCCCC2)NC(=O)C(CCC)N(C)C(=O)C1C. The molecule has 0 spiro atoms. The summed E-state index contributed by atoms with van der Waals surface area (Å²) in [5.41, 5.74) is 6.23. The van der Waals surface area contributed by atoms with Crippen molar-refractivity contribution in [3.8, 4) is 0 Å². The van der Waals surface area contributed by atoms with Crippen LogP contribution in [0, 0.1) is 11.8 Å². The van der Waals surface area contributed by atoms with E-state index in [1.165, 1.54) is 4.90 Å². The molecule has 298 valence electrons. The number of amides is 5. The highest BCUT2D eigenvalue weighted by atomic mass is 16.5. The Bertz CT molecular complexity index is 1130. The molecule has 3 fully saturated rings. The molecule has 0 radical (unpaired) electrons. The van der Waals surface area contributed by atoms with Gasteiger partial charge in [-0.15, -0.1) is 0 Å². The summed E-state index contributed by atoms with van der Waals surface area (Å²) >= 11 is 0. The second-order valence-corrected chi connectivity index (χ2v) is 15.2. The van der Waals surface area contributed by atoms with E-state index in [0.29, 0.717) is 25.8 Å². The zero-order valence-electron chi connectivity index (χ0n) is 32.5. The summed E-state index contributed by atoms with van der Waals surface area (Å²) in [5.74, 6) is -2.83. The van der Waals surface area contributed by atoms with Crippen molar-refractivity contribution in [1.29, 1.82) is 0 Å². The third-order valence-electron chi connectivity index (χ3n) is 11.0. The average Bonchev–Trinajstić information content (AvgIpc) is 3.52. The van der Waals surface area contributed by atoms with Gasteiger partial charge in [0.1, 0.15) is 18.1 Å². The molecule has 2 heterocycles. The van der Waals surface area contributed by atoms with Crippen molar-refractivity contribution in [2.24, 2.45) is 17.6 Å². The van der Waals surface area contributed by atoms with Crippen LogP contribution in [0.25, 0.3) is 0 Å². The monoisotopic (exact) mass is 736 g/mol. The summed E-state index contributed by atoms with van der Waals surface area (Å²) in [6, 6.07) is -3.28. The maximum Gasteiger partial charge on any atom is 0.245 e. The van der Waals surface area contributed by atoms with E-state index in [1.54, 1.807) is 14.0 Å². The van der Waals surface area contributed by atoms with Crippen LogP contribution in [0.15, 0.2) is 0 Å². The van der Waals surface area contributed by atoms with Gasteiger partial charge in [-0.1, -0.05) is 78.6 Å². The van der Waals surface area contributed by atoms with Crippen LogP contribution in [0.5, 0.6) is 0 Å². The molecule has 2 aliphatic heterocycles. The number of hydrogen-bond donors (Lipinski definition) is 6. The van der Waals surface area contributed by atoms with Crippen LogP contribution in [0.4, 0.5) is 0 Å². The minimum atomic E-state index is -1.04. The number of nitrogens with two attached hydrogens (primary N) is 1. The fourth-order valence-electron chi connectivity index (χ4n) is 7.64. The van der Waals surface area contributed by atoms with Crippen LogP contribution in [0.1, 0.15) is 118 Å². The molecule has 52 heavy (non-hydrogen) atoms. The highest BCUT2D eigenvalue weighted by Gasteiger charge is 2.38. The fraction of sp³-hybridized carbons (Fsp3) is 0.868. The molecule has 0 aromatic heterocycles. The van der Waals surface area contributed by atoms with Gasteiger partial charge in [-0.05, 0) is 51.5 Å². The largest absolute Gasteiger partial charge is 0.374 e. The zero-order chi connectivity index (χ0) is 38.0. The van der Waals surface area contributed by atoms with Crippen LogP contribution in [-0.2, 0) is 33.4 Å². The van der Waals surface area contributed by atoms with Crippen molar-refractivity contribution < 1.29 is 33.4 Å². The molecule has 3 rings (SSSR count). The first kappa shape index (κ1) is 43.6. The Hall–Kier alpha value is -2.81. The summed E-state index contributed by atoms with van der Waals surface area (Å²) in [5, 5.41) is 14.7. The number of carbonyl (C=O) groups excluding carboxylic acids is 5. The van der Waals surface area contributed by atoms with Crippen molar-refractivity contribution in [2.75, 3.05) is 39.8 Å². The lowest BCUT2D eigenvalue weighted by Gasteiger charge is -2.36. The van der Waals surface area contributed by atoms with E-state index in [1.807, 2.05) is 13.8 Å². The van der Waals surface area contributed by atoms with E-state index in [4.69, 9.17) is 15.2 Å². The Kier molecular flexibility index (Phi) is 19.3. The molecule has 8 atom stereocenters. The van der Waals surface area contributed by atoms with E-state index in [9.17, 15) is 24.0 Å². The maximum absolute atomic E-state index is 14.2. The van der Waals surface area contributed by atoms with Crippen LogP contribution in [0.2, 0.25) is 0 Å². The summed E-state index contributed by atoms with van der Waals surface area (Å²) in [6.45, 7) is 8.81. The van der Waals surface area contributed by atoms with Gasteiger partial charge in [0.05, 0.1) is 43.4 Å². The fourth-order valence-corrected chi connectivity index (χ4v) is 7.64. The minimum Gasteiger partial charge on any atom is -0.374 e. The molecule has 5 amide bonds. The number of likely N-dealkylation sites (N-methyl/N-ethyl adjacent to an activating group) is 1. The Morgan fingerprint density at radius 2 is 1.56 bits per heavy atom. The minimum absolute atomic E-state index is 0.0593. The van der Waals surface area contributed by atoms with Crippen LogP contribution < -0.4 is 32.3 Å². The molecule has 1 saturated carbocycles. The molecule has 7 unspecified atom stereocenters. The molecule has 3 aliphatic rings.